The zero-order chi connectivity index (χ0) is 10.4. The maximum absolute atomic E-state index is 3.81. The largest absolute Gasteiger partial charge is 0.340 e. The lowest BCUT2D eigenvalue weighted by atomic mass is 10.8. The maximum atomic E-state index is 3.81. The molecule has 0 aliphatic carbocycles. The molecule has 0 aliphatic heterocycles. The molecule has 0 aliphatic rings. The number of nitrogens with zero attached hydrogens (tertiary/aromatic N) is 2. The third-order valence-electron chi connectivity index (χ3n) is 2.80. The first-order chi connectivity index (χ1) is 6.02. The molecule has 0 aromatic rings. The smallest absolute Gasteiger partial charge is 0.178 e. The Morgan fingerprint density at radius 3 is 1.46 bits per heavy atom. The van der Waals surface area contributed by atoms with Crippen molar-refractivity contribution in [1.29, 1.82) is 0 Å². The summed E-state index contributed by atoms with van der Waals surface area (Å²) in [4.78, 5) is 0. The van der Waals surface area contributed by atoms with Gasteiger partial charge in [0, 0.05) is 0 Å². The number of nitrogens with one attached hydrogen (secondary N) is 1. The SMILES string of the molecule is CCN(C)[SiH](C)N[SiH](C)N(C)CC. The van der Waals surface area contributed by atoms with Gasteiger partial charge in [0.1, 0.15) is 0 Å². The average molecular weight is 219 g/mol. The summed E-state index contributed by atoms with van der Waals surface area (Å²) in [7, 11) is 2.80. The van der Waals surface area contributed by atoms with E-state index in [1.165, 1.54) is 0 Å². The summed E-state index contributed by atoms with van der Waals surface area (Å²) in [5, 5.41) is 0. The van der Waals surface area contributed by atoms with Gasteiger partial charge in [0.15, 0.2) is 18.2 Å². The van der Waals surface area contributed by atoms with Gasteiger partial charge in [0.2, 0.25) is 0 Å². The lowest BCUT2D eigenvalue weighted by Crippen LogP contribution is -2.57. The summed E-state index contributed by atoms with van der Waals surface area (Å²) in [6, 6.07) is 0. The molecule has 1 N–H and O–H groups in total. The van der Waals surface area contributed by atoms with Gasteiger partial charge in [-0.25, -0.2) is 0 Å². The van der Waals surface area contributed by atoms with Crippen LogP contribution in [0.2, 0.25) is 13.1 Å². The van der Waals surface area contributed by atoms with Crippen molar-refractivity contribution in [2.75, 3.05) is 27.2 Å². The molecule has 0 saturated heterocycles. The summed E-state index contributed by atoms with van der Waals surface area (Å²) in [6.07, 6.45) is 0. The van der Waals surface area contributed by atoms with Gasteiger partial charge in [-0.15, -0.1) is 0 Å². The van der Waals surface area contributed by atoms with Gasteiger partial charge in [-0.2, -0.15) is 0 Å². The molecule has 5 heteroatoms. The third kappa shape index (κ3) is 4.92. The van der Waals surface area contributed by atoms with E-state index in [4.69, 9.17) is 0 Å². The van der Waals surface area contributed by atoms with Crippen molar-refractivity contribution in [2.45, 2.75) is 26.9 Å². The molecule has 13 heavy (non-hydrogen) atoms. The van der Waals surface area contributed by atoms with E-state index in [0.717, 1.165) is 13.1 Å². The molecular weight excluding hydrogens is 194 g/mol. The van der Waals surface area contributed by atoms with Crippen LogP contribution in [0.5, 0.6) is 0 Å². The monoisotopic (exact) mass is 219 g/mol. The van der Waals surface area contributed by atoms with Gasteiger partial charge in [-0.05, 0) is 40.3 Å². The normalized spacial score (nSPS) is 16.6. The molecule has 0 amide bonds. The van der Waals surface area contributed by atoms with E-state index in [1.807, 2.05) is 0 Å². The van der Waals surface area contributed by atoms with Crippen LogP contribution in [-0.4, -0.2) is 54.6 Å². The van der Waals surface area contributed by atoms with Crippen LogP contribution in [0.25, 0.3) is 0 Å². The van der Waals surface area contributed by atoms with Gasteiger partial charge in [-0.3, -0.25) is 0 Å². The Hall–Kier alpha value is 0.314. The summed E-state index contributed by atoms with van der Waals surface area (Å²) in [5.74, 6) is 0. The first kappa shape index (κ1) is 13.3. The van der Waals surface area contributed by atoms with E-state index in [-0.39, 0.29) is 0 Å². The van der Waals surface area contributed by atoms with Gasteiger partial charge >= 0.3 is 0 Å². The van der Waals surface area contributed by atoms with Crippen LogP contribution in [-0.2, 0) is 0 Å². The minimum Gasteiger partial charge on any atom is -0.340 e. The van der Waals surface area contributed by atoms with Crippen molar-refractivity contribution in [2.24, 2.45) is 0 Å². The Kier molecular flexibility index (Phi) is 6.88. The fourth-order valence-corrected chi connectivity index (χ4v) is 7.08. The van der Waals surface area contributed by atoms with Crippen LogP contribution in [0.4, 0.5) is 0 Å². The van der Waals surface area contributed by atoms with E-state index in [2.05, 4.69) is 54.8 Å². The first-order valence-corrected chi connectivity index (χ1v) is 9.69. The molecule has 0 aromatic carbocycles. The fraction of sp³-hybridized carbons (Fsp3) is 1.00. The van der Waals surface area contributed by atoms with Crippen molar-refractivity contribution < 1.29 is 0 Å². The second-order valence-electron chi connectivity index (χ2n) is 3.67. The Bertz CT molecular complexity index is 121. The maximum Gasteiger partial charge on any atom is 0.178 e. The average Bonchev–Trinajstić information content (AvgIpc) is 2.14. The highest BCUT2D eigenvalue weighted by Crippen LogP contribution is 1.91. The van der Waals surface area contributed by atoms with Crippen molar-refractivity contribution in [1.82, 2.24) is 13.8 Å². The molecule has 0 heterocycles. The summed E-state index contributed by atoms with van der Waals surface area (Å²) < 4.78 is 8.74. The first-order valence-electron chi connectivity index (χ1n) is 5.19. The third-order valence-corrected chi connectivity index (χ3v) is 10.0. The Labute approximate surface area is 86.6 Å². The lowest BCUT2D eigenvalue weighted by Gasteiger charge is -2.29. The highest BCUT2D eigenvalue weighted by atomic mass is 28.4. The molecule has 2 atom stereocenters. The van der Waals surface area contributed by atoms with E-state index >= 15 is 0 Å². The molecule has 2 unspecified atom stereocenters. The molecule has 0 bridgehead atoms. The Morgan fingerprint density at radius 2 is 1.23 bits per heavy atom. The Balaban J connectivity index is 3.83. The van der Waals surface area contributed by atoms with Crippen LogP contribution in [0.15, 0.2) is 0 Å². The predicted molar refractivity (Wildman–Crippen MR) is 65.8 cm³/mol. The topological polar surface area (TPSA) is 18.5 Å². The Morgan fingerprint density at radius 1 is 0.923 bits per heavy atom. The second kappa shape index (κ2) is 6.72. The van der Waals surface area contributed by atoms with Crippen molar-refractivity contribution in [3.8, 4) is 0 Å². The molecule has 3 nitrogen and oxygen atoms in total. The summed E-state index contributed by atoms with van der Waals surface area (Å²) >= 11 is 0. The van der Waals surface area contributed by atoms with Crippen molar-refractivity contribution >= 4 is 18.2 Å². The second-order valence-corrected chi connectivity index (χ2v) is 9.47. The zero-order valence-electron chi connectivity index (χ0n) is 9.96. The standard InChI is InChI=1S/C8H25N3Si2/c1-7-10(3)12(5)9-13(6)11(4)8-2/h9,12-13H,7-8H2,1-6H3. The summed E-state index contributed by atoms with van der Waals surface area (Å²) in [6.45, 7) is 11.5. The molecule has 0 spiro atoms. The van der Waals surface area contributed by atoms with Crippen molar-refractivity contribution in [3.63, 3.8) is 0 Å². The highest BCUT2D eigenvalue weighted by molar-refractivity contribution is 6.68. The zero-order valence-corrected chi connectivity index (χ0v) is 12.3. The van der Waals surface area contributed by atoms with Gasteiger partial charge in [0.25, 0.3) is 0 Å². The minimum atomic E-state index is -0.821. The number of hydrogen-bond donors (Lipinski definition) is 1. The lowest BCUT2D eigenvalue weighted by molar-refractivity contribution is 0.528. The van der Waals surface area contributed by atoms with Gasteiger partial charge in [-0.1, -0.05) is 13.8 Å². The fourth-order valence-electron chi connectivity index (χ4n) is 1.15. The minimum absolute atomic E-state index is 0.821. The molecular formula is C8H25N3Si2. The van der Waals surface area contributed by atoms with E-state index in [0.29, 0.717) is 0 Å². The van der Waals surface area contributed by atoms with E-state index in [9.17, 15) is 0 Å². The number of rotatable bonds is 6. The van der Waals surface area contributed by atoms with Crippen LogP contribution < -0.4 is 4.65 Å². The number of hydrogen-bond acceptors (Lipinski definition) is 3. The molecule has 0 aromatic heterocycles. The van der Waals surface area contributed by atoms with Crippen LogP contribution in [0, 0.1) is 0 Å². The van der Waals surface area contributed by atoms with Crippen LogP contribution in [0.3, 0.4) is 0 Å². The van der Waals surface area contributed by atoms with Gasteiger partial charge < -0.3 is 13.8 Å². The van der Waals surface area contributed by atoms with E-state index in [1.54, 1.807) is 0 Å². The quantitative estimate of drug-likeness (QED) is 0.643. The molecule has 0 radical (unpaired) electrons. The van der Waals surface area contributed by atoms with E-state index < -0.39 is 18.2 Å². The molecule has 0 saturated carbocycles. The molecule has 0 rings (SSSR count). The molecule has 80 valence electrons. The van der Waals surface area contributed by atoms with Gasteiger partial charge in [0.05, 0.1) is 0 Å². The van der Waals surface area contributed by atoms with Crippen LogP contribution >= 0.6 is 0 Å². The van der Waals surface area contributed by atoms with Crippen molar-refractivity contribution in [3.05, 3.63) is 0 Å². The molecule has 0 fully saturated rings. The van der Waals surface area contributed by atoms with Crippen LogP contribution in [0.1, 0.15) is 13.8 Å². The summed E-state index contributed by atoms with van der Waals surface area (Å²) in [5.41, 5.74) is 0. The predicted octanol–water partition coefficient (Wildman–Crippen LogP) is 0.180. The highest BCUT2D eigenvalue weighted by Gasteiger charge is 2.15.